The van der Waals surface area contributed by atoms with Crippen molar-refractivity contribution in [3.8, 4) is 44.5 Å². The lowest BCUT2D eigenvalue weighted by molar-refractivity contribution is 0.0507. The summed E-state index contributed by atoms with van der Waals surface area (Å²) in [5.41, 5.74) is 35.0. The molecule has 7 aromatic rings. The van der Waals surface area contributed by atoms with Crippen molar-refractivity contribution in [1.82, 2.24) is 19.9 Å². The number of aromatic amines is 2. The van der Waals surface area contributed by atoms with Gasteiger partial charge in [0, 0.05) is 70.5 Å². The van der Waals surface area contributed by atoms with Crippen LogP contribution < -0.4 is 22.9 Å². The zero-order valence-corrected chi connectivity index (χ0v) is 39.0. The van der Waals surface area contributed by atoms with Crippen LogP contribution in [-0.2, 0) is 18.9 Å². The van der Waals surface area contributed by atoms with E-state index in [1.54, 1.807) is 48.5 Å². The summed E-state index contributed by atoms with van der Waals surface area (Å²) in [5, 5.41) is 0. The monoisotopic (exact) mass is 962 g/mol. The molecule has 362 valence electrons. The summed E-state index contributed by atoms with van der Waals surface area (Å²) in [7, 11) is 0. The first-order valence-electron chi connectivity index (χ1n) is 23.2. The number of esters is 4. The second-order valence-corrected chi connectivity index (χ2v) is 16.5. The molecule has 3 aromatic heterocycles. The summed E-state index contributed by atoms with van der Waals surface area (Å²) in [5.74, 6) is -1.97. The number of carbonyl (C=O) groups excluding carboxylic acids is 4. The molecular formula is C56H50N8O8. The fourth-order valence-electron chi connectivity index (χ4n) is 8.45. The maximum atomic E-state index is 12.9. The number of hydrogen-bond acceptors (Lipinski definition) is 14. The van der Waals surface area contributed by atoms with Gasteiger partial charge in [0.15, 0.2) is 0 Å². The minimum Gasteiger partial charge on any atom is -0.461 e. The number of hydrogen-bond donors (Lipinski definition) is 6. The molecule has 5 heterocycles. The quantitative estimate of drug-likeness (QED) is 0.0399. The molecule has 0 atom stereocenters. The zero-order valence-electron chi connectivity index (χ0n) is 39.0. The highest BCUT2D eigenvalue weighted by molar-refractivity contribution is 6.01. The smallest absolute Gasteiger partial charge is 0.338 e. The molecule has 8 bridgehead atoms. The highest BCUT2D eigenvalue weighted by Crippen LogP contribution is 2.39. The second kappa shape index (κ2) is 21.9. The van der Waals surface area contributed by atoms with E-state index in [0.717, 1.165) is 44.5 Å². The van der Waals surface area contributed by atoms with Gasteiger partial charge >= 0.3 is 23.9 Å². The number of aromatic nitrogens is 4. The van der Waals surface area contributed by atoms with Gasteiger partial charge < -0.3 is 51.9 Å². The minimum atomic E-state index is -0.492. The van der Waals surface area contributed by atoms with Crippen molar-refractivity contribution in [2.45, 2.75) is 0 Å². The number of nitrogens with two attached hydrogens (primary N) is 4. The van der Waals surface area contributed by atoms with Crippen molar-refractivity contribution in [2.24, 2.45) is 22.9 Å². The summed E-state index contributed by atoms with van der Waals surface area (Å²) in [6.07, 6.45) is 7.74. The molecule has 16 nitrogen and oxygen atoms in total. The van der Waals surface area contributed by atoms with Crippen LogP contribution in [0.1, 0.15) is 64.2 Å². The maximum absolute atomic E-state index is 12.9. The van der Waals surface area contributed by atoms with Crippen LogP contribution in [0.5, 0.6) is 0 Å². The van der Waals surface area contributed by atoms with E-state index < -0.39 is 23.9 Å². The van der Waals surface area contributed by atoms with Crippen LogP contribution in [0.25, 0.3) is 90.9 Å². The highest BCUT2D eigenvalue weighted by atomic mass is 16.5. The first-order chi connectivity index (χ1) is 35.2. The van der Waals surface area contributed by atoms with Crippen LogP contribution in [0, 0.1) is 0 Å². The Morgan fingerprint density at radius 1 is 0.333 bits per heavy atom. The van der Waals surface area contributed by atoms with Gasteiger partial charge in [-0.2, -0.15) is 0 Å². The third-order valence-electron chi connectivity index (χ3n) is 11.8. The Morgan fingerprint density at radius 3 is 0.736 bits per heavy atom. The molecular weight excluding hydrogens is 913 g/mol. The Hall–Kier alpha value is -8.80. The Labute approximate surface area is 413 Å². The summed E-state index contributed by atoms with van der Waals surface area (Å²) in [6.45, 7) is 1.15. The van der Waals surface area contributed by atoms with Crippen molar-refractivity contribution in [3.05, 3.63) is 166 Å². The van der Waals surface area contributed by atoms with E-state index in [4.69, 9.17) is 51.9 Å². The van der Waals surface area contributed by atoms with Gasteiger partial charge in [0.05, 0.1) is 45.0 Å². The van der Waals surface area contributed by atoms with Gasteiger partial charge in [-0.3, -0.25) is 0 Å². The fraction of sp³-hybridized carbons (Fsp3) is 0.143. The van der Waals surface area contributed by atoms with Crippen LogP contribution in [-0.4, -0.2) is 96.4 Å². The molecule has 10 N–H and O–H groups in total. The third-order valence-corrected chi connectivity index (χ3v) is 11.8. The summed E-state index contributed by atoms with van der Waals surface area (Å²) >= 11 is 0. The lowest BCUT2D eigenvalue weighted by Gasteiger charge is -2.09. The van der Waals surface area contributed by atoms with Crippen LogP contribution in [0.4, 0.5) is 0 Å². The molecule has 72 heavy (non-hydrogen) atoms. The van der Waals surface area contributed by atoms with Crippen LogP contribution in [0.15, 0.2) is 121 Å². The Balaban J connectivity index is 1.34. The molecule has 9 rings (SSSR count). The van der Waals surface area contributed by atoms with E-state index in [0.29, 0.717) is 67.1 Å². The number of rotatable bonds is 16. The van der Waals surface area contributed by atoms with Crippen LogP contribution in [0.2, 0.25) is 0 Å². The number of benzene rings is 4. The molecule has 0 radical (unpaired) electrons. The summed E-state index contributed by atoms with van der Waals surface area (Å²) < 4.78 is 21.3. The fourth-order valence-corrected chi connectivity index (χ4v) is 8.45. The number of nitrogens with one attached hydrogen (secondary N) is 2. The first kappa shape index (κ1) is 48.2. The standard InChI is InChI=1S/C56H50N8O8/c57-25-29-69-53(65)37-9-1-33(2-10-37)49-41-17-19-43(61-41)50(34-3-11-38(12-4-34)54(66)70-30-26-58)45-21-23-47(63-45)52(36-7-15-40(16-8-36)56(68)72-32-28-60)48-24-22-46(64-48)51(44-20-18-42(49)62-44)35-5-13-39(14-6-35)55(67)71-31-27-59/h1-24,61,64H,25-32,57-60H2. The van der Waals surface area contributed by atoms with Gasteiger partial charge in [-0.15, -0.1) is 0 Å². The topological polar surface area (TPSA) is 267 Å². The molecule has 2 aliphatic heterocycles. The van der Waals surface area contributed by atoms with Gasteiger partial charge in [-0.05, 0) is 119 Å². The van der Waals surface area contributed by atoms with Crippen molar-refractivity contribution >= 4 is 70.2 Å². The number of carbonyl (C=O) groups is 4. The van der Waals surface area contributed by atoms with E-state index in [1.165, 1.54) is 0 Å². The molecule has 0 amide bonds. The molecule has 4 aromatic carbocycles. The summed E-state index contributed by atoms with van der Waals surface area (Å²) in [6, 6.07) is 36.2. The minimum absolute atomic E-state index is 0.0890. The number of fused-ring (bicyclic) bond motifs is 8. The van der Waals surface area contributed by atoms with Gasteiger partial charge in [0.25, 0.3) is 0 Å². The summed E-state index contributed by atoms with van der Waals surface area (Å²) in [4.78, 5) is 69.5. The lowest BCUT2D eigenvalue weighted by atomic mass is 10.0. The van der Waals surface area contributed by atoms with Crippen LogP contribution in [0.3, 0.4) is 0 Å². The largest absolute Gasteiger partial charge is 0.461 e. The number of nitrogens with zero attached hydrogens (tertiary/aromatic N) is 2. The maximum Gasteiger partial charge on any atom is 0.338 e. The molecule has 0 fully saturated rings. The van der Waals surface area contributed by atoms with Gasteiger partial charge in [0.1, 0.15) is 26.4 Å². The van der Waals surface area contributed by atoms with Gasteiger partial charge in [-0.1, -0.05) is 48.5 Å². The molecule has 0 saturated heterocycles. The van der Waals surface area contributed by atoms with Crippen molar-refractivity contribution in [2.75, 3.05) is 52.6 Å². The predicted octanol–water partition coefficient (Wildman–Crippen LogP) is 7.79. The van der Waals surface area contributed by atoms with Crippen molar-refractivity contribution in [3.63, 3.8) is 0 Å². The van der Waals surface area contributed by atoms with Crippen molar-refractivity contribution < 1.29 is 38.1 Å². The molecule has 0 saturated carbocycles. The highest BCUT2D eigenvalue weighted by Gasteiger charge is 2.21. The Bertz CT molecular complexity index is 2970. The lowest BCUT2D eigenvalue weighted by Crippen LogP contribution is -2.13. The average molecular weight is 963 g/mol. The van der Waals surface area contributed by atoms with E-state index in [2.05, 4.69) is 9.97 Å². The zero-order chi connectivity index (χ0) is 50.1. The van der Waals surface area contributed by atoms with E-state index in [-0.39, 0.29) is 52.6 Å². The molecule has 0 unspecified atom stereocenters. The number of H-pyrrole nitrogens is 2. The molecule has 2 aliphatic rings. The Morgan fingerprint density at radius 2 is 0.542 bits per heavy atom. The number of ether oxygens (including phenoxy) is 4. The SMILES string of the molecule is NCCOC(=O)c1ccc(-c2c3nc(c(-c4ccc(C(=O)OCCN)cc4)c4ccc([nH]4)c(-c4ccc(C(=O)OCCN)cc4)c4nc(c(-c5ccc(C(=O)OCCN)cc5)c5ccc2[nH]5)C=C4)C=C3)cc1. The second-order valence-electron chi connectivity index (χ2n) is 16.5. The predicted molar refractivity (Wildman–Crippen MR) is 278 cm³/mol. The van der Waals surface area contributed by atoms with E-state index in [1.807, 2.05) is 97.1 Å². The molecule has 16 heteroatoms. The molecule has 0 aliphatic carbocycles. The van der Waals surface area contributed by atoms with Crippen molar-refractivity contribution in [1.29, 1.82) is 0 Å². The van der Waals surface area contributed by atoms with E-state index >= 15 is 0 Å². The Kier molecular flexibility index (Phi) is 14.7. The average Bonchev–Trinajstić information content (AvgIpc) is 4.28. The van der Waals surface area contributed by atoms with Gasteiger partial charge in [-0.25, -0.2) is 29.1 Å². The van der Waals surface area contributed by atoms with E-state index in [9.17, 15) is 19.2 Å². The molecule has 0 spiro atoms. The third kappa shape index (κ3) is 10.2. The van der Waals surface area contributed by atoms with Gasteiger partial charge in [0.2, 0.25) is 0 Å². The van der Waals surface area contributed by atoms with Crippen LogP contribution >= 0.6 is 0 Å². The first-order valence-corrected chi connectivity index (χ1v) is 23.2. The normalized spacial score (nSPS) is 11.6.